The summed E-state index contributed by atoms with van der Waals surface area (Å²) in [5.74, 6) is 0. The molecule has 0 aliphatic heterocycles. The molecule has 0 spiro atoms. The maximum Gasteiger partial charge on any atom is 0.278 e. The number of hydrogen-bond acceptors (Lipinski definition) is 3. The highest BCUT2D eigenvalue weighted by molar-refractivity contribution is 9.10. The van der Waals surface area contributed by atoms with Gasteiger partial charge in [0.05, 0.1) is 16.7 Å². The molecule has 3 rings (SSSR count). The Bertz CT molecular complexity index is 779. The molecule has 0 aliphatic rings. The zero-order valence-corrected chi connectivity index (χ0v) is 11.3. The van der Waals surface area contributed by atoms with Gasteiger partial charge in [0.1, 0.15) is 5.58 Å². The molecule has 94 valence electrons. The van der Waals surface area contributed by atoms with Crippen molar-refractivity contribution >= 4 is 32.6 Å². The first-order chi connectivity index (χ1) is 9.18. The van der Waals surface area contributed by atoms with Crippen molar-refractivity contribution in [2.24, 2.45) is 0 Å². The normalized spacial score (nSPS) is 10.8. The zero-order valence-electron chi connectivity index (χ0n) is 9.67. The monoisotopic (exact) mass is 317 g/mol. The molecule has 0 unspecified atom stereocenters. The summed E-state index contributed by atoms with van der Waals surface area (Å²) >= 11 is 3.38. The van der Waals surface area contributed by atoms with Crippen LogP contribution in [0, 0.1) is 10.1 Å². The van der Waals surface area contributed by atoms with E-state index >= 15 is 0 Å². The Morgan fingerprint density at radius 3 is 2.68 bits per heavy atom. The van der Waals surface area contributed by atoms with E-state index in [2.05, 4.69) is 15.9 Å². The van der Waals surface area contributed by atoms with Crippen LogP contribution in [0.5, 0.6) is 0 Å². The lowest BCUT2D eigenvalue weighted by molar-refractivity contribution is -0.384. The number of para-hydroxylation sites is 1. The second-order valence-corrected chi connectivity index (χ2v) is 4.89. The predicted molar refractivity (Wildman–Crippen MR) is 76.0 cm³/mol. The van der Waals surface area contributed by atoms with Gasteiger partial charge in [-0.1, -0.05) is 24.3 Å². The van der Waals surface area contributed by atoms with Crippen LogP contribution in [0.1, 0.15) is 0 Å². The van der Waals surface area contributed by atoms with Crippen molar-refractivity contribution in [2.75, 3.05) is 0 Å². The number of nitro benzene ring substituents is 1. The first kappa shape index (κ1) is 11.9. The lowest BCUT2D eigenvalue weighted by atomic mass is 10.0. The van der Waals surface area contributed by atoms with E-state index < -0.39 is 0 Å². The highest BCUT2D eigenvalue weighted by atomic mass is 79.9. The number of rotatable bonds is 2. The fourth-order valence-electron chi connectivity index (χ4n) is 2.10. The summed E-state index contributed by atoms with van der Waals surface area (Å²) in [5, 5.41) is 12.0. The Morgan fingerprint density at radius 2 is 1.89 bits per heavy atom. The Labute approximate surface area is 116 Å². The van der Waals surface area contributed by atoms with Crippen LogP contribution in [0.3, 0.4) is 0 Å². The molecule has 0 radical (unpaired) electrons. The maximum atomic E-state index is 11.2. The molecule has 0 saturated heterocycles. The lowest BCUT2D eigenvalue weighted by Crippen LogP contribution is -1.92. The summed E-state index contributed by atoms with van der Waals surface area (Å²) in [6.07, 6.45) is 1.55. The highest BCUT2D eigenvalue weighted by Gasteiger charge is 2.21. The molecule has 0 amide bonds. The van der Waals surface area contributed by atoms with Crippen LogP contribution in [0.25, 0.3) is 22.1 Å². The minimum absolute atomic E-state index is 0.0564. The molecule has 19 heavy (non-hydrogen) atoms. The summed E-state index contributed by atoms with van der Waals surface area (Å²) in [5.41, 5.74) is 2.02. The molecule has 3 aromatic rings. The molecule has 1 heterocycles. The van der Waals surface area contributed by atoms with Crippen LogP contribution >= 0.6 is 15.9 Å². The van der Waals surface area contributed by atoms with Gasteiger partial charge in [0, 0.05) is 21.5 Å². The van der Waals surface area contributed by atoms with E-state index in [0.717, 1.165) is 10.9 Å². The van der Waals surface area contributed by atoms with Gasteiger partial charge in [-0.25, -0.2) is 0 Å². The van der Waals surface area contributed by atoms with Gasteiger partial charge in [0.15, 0.2) is 0 Å². The third-order valence-electron chi connectivity index (χ3n) is 2.94. The largest absolute Gasteiger partial charge is 0.464 e. The summed E-state index contributed by atoms with van der Waals surface area (Å²) in [7, 11) is 0. The molecule has 0 bridgehead atoms. The number of benzene rings is 2. The minimum atomic E-state index is -0.387. The average Bonchev–Trinajstić information content (AvgIpc) is 2.82. The van der Waals surface area contributed by atoms with Crippen molar-refractivity contribution < 1.29 is 9.34 Å². The van der Waals surface area contributed by atoms with Crippen molar-refractivity contribution in [3.05, 3.63) is 63.3 Å². The molecular formula is C14H8BrNO3. The van der Waals surface area contributed by atoms with Crippen LogP contribution in [0.2, 0.25) is 0 Å². The molecule has 0 N–H and O–H groups in total. The maximum absolute atomic E-state index is 11.2. The van der Waals surface area contributed by atoms with E-state index in [1.54, 1.807) is 18.4 Å². The zero-order chi connectivity index (χ0) is 13.4. The van der Waals surface area contributed by atoms with Gasteiger partial charge in [-0.15, -0.1) is 0 Å². The molecule has 0 aliphatic carbocycles. The minimum Gasteiger partial charge on any atom is -0.464 e. The first-order valence-electron chi connectivity index (χ1n) is 5.58. The molecule has 0 atom stereocenters. The number of halogens is 1. The Hall–Kier alpha value is -2.14. The van der Waals surface area contributed by atoms with Crippen molar-refractivity contribution in [3.8, 4) is 11.1 Å². The van der Waals surface area contributed by atoms with Crippen LogP contribution in [0.4, 0.5) is 5.69 Å². The molecule has 5 heteroatoms. The fourth-order valence-corrected chi connectivity index (χ4v) is 2.67. The van der Waals surface area contributed by atoms with Crippen molar-refractivity contribution in [2.45, 2.75) is 0 Å². The van der Waals surface area contributed by atoms with Crippen molar-refractivity contribution in [1.82, 2.24) is 0 Å². The van der Waals surface area contributed by atoms with Gasteiger partial charge < -0.3 is 4.42 Å². The fraction of sp³-hybridized carbons (Fsp3) is 0. The lowest BCUT2D eigenvalue weighted by Gasteiger charge is -2.03. The first-order valence-corrected chi connectivity index (χ1v) is 6.37. The van der Waals surface area contributed by atoms with E-state index in [1.807, 2.05) is 24.3 Å². The second kappa shape index (κ2) is 4.51. The number of nitrogens with zero attached hydrogens (tertiary/aromatic N) is 1. The van der Waals surface area contributed by atoms with E-state index in [0.29, 0.717) is 15.6 Å². The third kappa shape index (κ3) is 1.92. The molecular weight excluding hydrogens is 310 g/mol. The summed E-state index contributed by atoms with van der Waals surface area (Å²) < 4.78 is 6.12. The van der Waals surface area contributed by atoms with Gasteiger partial charge in [-0.3, -0.25) is 10.1 Å². The second-order valence-electron chi connectivity index (χ2n) is 4.04. The van der Waals surface area contributed by atoms with Crippen molar-refractivity contribution in [3.63, 3.8) is 0 Å². The highest BCUT2D eigenvalue weighted by Crippen LogP contribution is 2.40. The number of hydrogen-bond donors (Lipinski definition) is 0. The third-order valence-corrected chi connectivity index (χ3v) is 3.60. The van der Waals surface area contributed by atoms with Gasteiger partial charge in [0.25, 0.3) is 5.69 Å². The van der Waals surface area contributed by atoms with E-state index in [-0.39, 0.29) is 10.6 Å². The number of nitro groups is 1. The van der Waals surface area contributed by atoms with Crippen LogP contribution in [0.15, 0.2) is 57.6 Å². The van der Waals surface area contributed by atoms with E-state index in [1.165, 1.54) is 6.07 Å². The SMILES string of the molecule is O=[N+]([O-])c1cccc(Br)c1-c1coc2ccccc12. The molecule has 0 saturated carbocycles. The summed E-state index contributed by atoms with van der Waals surface area (Å²) in [6.45, 7) is 0. The number of fused-ring (bicyclic) bond motifs is 1. The molecule has 1 aromatic heterocycles. The van der Waals surface area contributed by atoms with Gasteiger partial charge in [-0.05, 0) is 28.1 Å². The standard InChI is InChI=1S/C14H8BrNO3/c15-11-5-3-6-12(16(17)18)14(11)10-8-19-13-7-2-1-4-9(10)13/h1-8H. The average molecular weight is 318 g/mol. The van der Waals surface area contributed by atoms with Crippen LogP contribution < -0.4 is 0 Å². The Balaban J connectivity index is 2.36. The molecule has 2 aromatic carbocycles. The Morgan fingerprint density at radius 1 is 1.11 bits per heavy atom. The Kier molecular flexibility index (Phi) is 2.83. The molecule has 4 nitrogen and oxygen atoms in total. The summed E-state index contributed by atoms with van der Waals surface area (Å²) in [4.78, 5) is 10.8. The topological polar surface area (TPSA) is 56.3 Å². The van der Waals surface area contributed by atoms with Crippen molar-refractivity contribution in [1.29, 1.82) is 0 Å². The summed E-state index contributed by atoms with van der Waals surface area (Å²) in [6, 6.07) is 12.4. The van der Waals surface area contributed by atoms with Gasteiger partial charge >= 0.3 is 0 Å². The quantitative estimate of drug-likeness (QED) is 0.505. The van der Waals surface area contributed by atoms with Gasteiger partial charge in [0.2, 0.25) is 0 Å². The molecule has 0 fully saturated rings. The predicted octanol–water partition coefficient (Wildman–Crippen LogP) is 4.77. The smallest absolute Gasteiger partial charge is 0.278 e. The van der Waals surface area contributed by atoms with Crippen LogP contribution in [-0.2, 0) is 0 Å². The van der Waals surface area contributed by atoms with E-state index in [9.17, 15) is 10.1 Å². The number of furan rings is 1. The van der Waals surface area contributed by atoms with E-state index in [4.69, 9.17) is 4.42 Å². The van der Waals surface area contributed by atoms with Gasteiger partial charge in [-0.2, -0.15) is 0 Å². The van der Waals surface area contributed by atoms with Crippen LogP contribution in [-0.4, -0.2) is 4.92 Å².